The number of ether oxygens (including phenoxy) is 2. The third-order valence-corrected chi connectivity index (χ3v) is 3.85. The first-order valence-corrected chi connectivity index (χ1v) is 8.73. The van der Waals surface area contributed by atoms with Crippen LogP contribution >= 0.6 is 0 Å². The lowest BCUT2D eigenvalue weighted by Crippen LogP contribution is -2.57. The number of carboxylic acids is 1. The number of esters is 1. The van der Waals surface area contributed by atoms with E-state index in [9.17, 15) is 28.3 Å². The number of carbonyl (C=O) groups is 3. The van der Waals surface area contributed by atoms with Crippen molar-refractivity contribution in [3.05, 3.63) is 35.4 Å². The van der Waals surface area contributed by atoms with Gasteiger partial charge in [-0.15, -0.1) is 0 Å². The highest BCUT2D eigenvalue weighted by Crippen LogP contribution is 2.24. The highest BCUT2D eigenvalue weighted by atomic mass is 19.1. The Hall–Kier alpha value is -2.59. The molecule has 162 valence electrons. The smallest absolute Gasteiger partial charge is 0.330 e. The molecular formula is C19H26F2N2O6. The van der Waals surface area contributed by atoms with E-state index >= 15 is 0 Å². The molecule has 8 nitrogen and oxygen atoms in total. The number of rotatable bonds is 8. The van der Waals surface area contributed by atoms with E-state index in [0.717, 1.165) is 12.1 Å². The first kappa shape index (κ1) is 24.4. The quantitative estimate of drug-likeness (QED) is 0.219. The topological polar surface area (TPSA) is 119 Å². The first-order chi connectivity index (χ1) is 13.2. The Morgan fingerprint density at radius 1 is 1.17 bits per heavy atom. The Labute approximate surface area is 167 Å². The van der Waals surface area contributed by atoms with Gasteiger partial charge in [0.05, 0.1) is 13.2 Å². The van der Waals surface area contributed by atoms with Gasteiger partial charge < -0.3 is 14.6 Å². The SMILES string of the molecule is CC(C)(C)OC(=O)C(C)(C)C(=O)N(N)C(COCc1ccc(F)cc1F)C(=O)O. The largest absolute Gasteiger partial charge is 0.480 e. The second-order valence-corrected chi connectivity index (χ2v) is 7.94. The predicted molar refractivity (Wildman–Crippen MR) is 98.1 cm³/mol. The molecule has 1 aromatic rings. The number of hydrogen-bond acceptors (Lipinski definition) is 6. The number of nitrogens with two attached hydrogens (primary N) is 1. The van der Waals surface area contributed by atoms with Crippen molar-refractivity contribution in [2.75, 3.05) is 6.61 Å². The molecule has 0 aliphatic rings. The van der Waals surface area contributed by atoms with E-state index < -0.39 is 53.1 Å². The summed E-state index contributed by atoms with van der Waals surface area (Å²) in [4.78, 5) is 36.5. The number of benzene rings is 1. The lowest BCUT2D eigenvalue weighted by Gasteiger charge is -2.32. The fraction of sp³-hybridized carbons (Fsp3) is 0.526. The van der Waals surface area contributed by atoms with Crippen molar-refractivity contribution in [2.45, 2.75) is 52.9 Å². The number of carbonyl (C=O) groups excluding carboxylic acids is 2. The number of amides is 1. The standard InChI is InChI=1S/C19H26F2N2O6/c1-18(2,3)29-17(27)19(4,5)16(26)23(22)14(15(24)25)10-28-9-11-6-7-12(20)8-13(11)21/h6-8,14H,9-10,22H2,1-5H3,(H,24,25). The van der Waals surface area contributed by atoms with Crippen molar-refractivity contribution in [1.82, 2.24) is 5.01 Å². The molecule has 3 N–H and O–H groups in total. The van der Waals surface area contributed by atoms with Crippen LogP contribution in [-0.4, -0.2) is 46.2 Å². The van der Waals surface area contributed by atoms with Gasteiger partial charge in [-0.3, -0.25) is 14.6 Å². The van der Waals surface area contributed by atoms with Gasteiger partial charge in [-0.1, -0.05) is 6.07 Å². The van der Waals surface area contributed by atoms with Gasteiger partial charge in [0.25, 0.3) is 5.91 Å². The van der Waals surface area contributed by atoms with Crippen LogP contribution < -0.4 is 5.84 Å². The minimum absolute atomic E-state index is 0.000443. The Kier molecular flexibility index (Phi) is 7.82. The first-order valence-electron chi connectivity index (χ1n) is 8.73. The van der Waals surface area contributed by atoms with Gasteiger partial charge in [0.2, 0.25) is 0 Å². The summed E-state index contributed by atoms with van der Waals surface area (Å²) in [5.41, 5.74) is -2.61. The van der Waals surface area contributed by atoms with Crippen LogP contribution in [0.25, 0.3) is 0 Å². The van der Waals surface area contributed by atoms with E-state index in [0.29, 0.717) is 11.1 Å². The lowest BCUT2D eigenvalue weighted by atomic mass is 9.91. The van der Waals surface area contributed by atoms with Crippen LogP contribution in [0.3, 0.4) is 0 Å². The maximum absolute atomic E-state index is 13.6. The third kappa shape index (κ3) is 6.75. The van der Waals surface area contributed by atoms with Gasteiger partial charge in [-0.05, 0) is 40.7 Å². The molecule has 29 heavy (non-hydrogen) atoms. The van der Waals surface area contributed by atoms with Gasteiger partial charge in [-0.25, -0.2) is 19.4 Å². The Morgan fingerprint density at radius 3 is 2.24 bits per heavy atom. The van der Waals surface area contributed by atoms with Crippen LogP contribution in [-0.2, 0) is 30.5 Å². The zero-order valence-electron chi connectivity index (χ0n) is 17.0. The minimum Gasteiger partial charge on any atom is -0.480 e. The number of carboxylic acid groups (broad SMARTS) is 1. The molecule has 0 spiro atoms. The summed E-state index contributed by atoms with van der Waals surface area (Å²) in [7, 11) is 0. The van der Waals surface area contributed by atoms with E-state index in [1.165, 1.54) is 13.8 Å². The van der Waals surface area contributed by atoms with Crippen LogP contribution in [0, 0.1) is 17.0 Å². The van der Waals surface area contributed by atoms with Gasteiger partial charge in [0.15, 0.2) is 6.04 Å². The number of aliphatic carboxylic acids is 1. The number of nitrogens with zero attached hydrogens (tertiary/aromatic N) is 1. The lowest BCUT2D eigenvalue weighted by molar-refractivity contribution is -0.175. The molecule has 0 bridgehead atoms. The summed E-state index contributed by atoms with van der Waals surface area (Å²) in [5.74, 6) is 0.700. The van der Waals surface area contributed by atoms with E-state index in [4.69, 9.17) is 15.3 Å². The fourth-order valence-electron chi connectivity index (χ4n) is 2.15. The molecule has 0 heterocycles. The third-order valence-electron chi connectivity index (χ3n) is 3.85. The van der Waals surface area contributed by atoms with Gasteiger partial charge in [-0.2, -0.15) is 0 Å². The summed E-state index contributed by atoms with van der Waals surface area (Å²) >= 11 is 0. The number of halogens is 2. The molecule has 0 saturated carbocycles. The fourth-order valence-corrected chi connectivity index (χ4v) is 2.15. The highest BCUT2D eigenvalue weighted by Gasteiger charge is 2.44. The molecule has 1 atom stereocenters. The average molecular weight is 416 g/mol. The van der Waals surface area contributed by atoms with Gasteiger partial charge in [0.1, 0.15) is 22.7 Å². The molecule has 1 rings (SSSR count). The Bertz CT molecular complexity index is 776. The average Bonchev–Trinajstić information content (AvgIpc) is 2.57. The molecular weight excluding hydrogens is 390 g/mol. The summed E-state index contributed by atoms with van der Waals surface area (Å²) in [6.45, 7) is 6.43. The molecule has 0 radical (unpaired) electrons. The Balaban J connectivity index is 2.85. The van der Waals surface area contributed by atoms with Crippen molar-refractivity contribution in [2.24, 2.45) is 11.3 Å². The Morgan fingerprint density at radius 2 is 1.76 bits per heavy atom. The monoisotopic (exact) mass is 416 g/mol. The predicted octanol–water partition coefficient (Wildman–Crippen LogP) is 2.00. The summed E-state index contributed by atoms with van der Waals surface area (Å²) in [5, 5.41) is 9.76. The molecule has 1 aromatic carbocycles. The molecule has 0 aliphatic carbocycles. The van der Waals surface area contributed by atoms with Crippen LogP contribution in [0.4, 0.5) is 8.78 Å². The van der Waals surface area contributed by atoms with Crippen molar-refractivity contribution in [1.29, 1.82) is 0 Å². The van der Waals surface area contributed by atoms with Crippen molar-refractivity contribution < 1.29 is 37.7 Å². The van der Waals surface area contributed by atoms with E-state index in [1.807, 2.05) is 0 Å². The molecule has 1 amide bonds. The van der Waals surface area contributed by atoms with Crippen molar-refractivity contribution in [3.63, 3.8) is 0 Å². The van der Waals surface area contributed by atoms with Gasteiger partial charge in [0, 0.05) is 11.6 Å². The minimum atomic E-state index is -1.75. The molecule has 0 saturated heterocycles. The zero-order chi connectivity index (χ0) is 22.6. The molecule has 0 aromatic heterocycles. The second kappa shape index (κ2) is 9.27. The van der Waals surface area contributed by atoms with Crippen molar-refractivity contribution in [3.8, 4) is 0 Å². The van der Waals surface area contributed by atoms with Crippen LogP contribution in [0.5, 0.6) is 0 Å². The van der Waals surface area contributed by atoms with Gasteiger partial charge >= 0.3 is 11.9 Å². The summed E-state index contributed by atoms with van der Waals surface area (Å²) in [6.07, 6.45) is 0. The number of hydrogen-bond donors (Lipinski definition) is 2. The number of hydrazine groups is 1. The maximum Gasteiger partial charge on any atom is 0.330 e. The molecule has 1 unspecified atom stereocenters. The van der Waals surface area contributed by atoms with Crippen LogP contribution in [0.1, 0.15) is 40.2 Å². The summed E-state index contributed by atoms with van der Waals surface area (Å²) < 4.78 is 36.9. The normalized spacial score (nSPS) is 13.0. The zero-order valence-corrected chi connectivity index (χ0v) is 17.0. The molecule has 0 fully saturated rings. The second-order valence-electron chi connectivity index (χ2n) is 7.94. The van der Waals surface area contributed by atoms with Crippen LogP contribution in [0.2, 0.25) is 0 Å². The van der Waals surface area contributed by atoms with E-state index in [2.05, 4.69) is 0 Å². The van der Waals surface area contributed by atoms with E-state index in [1.54, 1.807) is 20.8 Å². The highest BCUT2D eigenvalue weighted by molar-refractivity contribution is 6.02. The summed E-state index contributed by atoms with van der Waals surface area (Å²) in [6, 6.07) is 1.19. The molecule has 0 aliphatic heterocycles. The van der Waals surface area contributed by atoms with E-state index in [-0.39, 0.29) is 12.2 Å². The maximum atomic E-state index is 13.6. The van der Waals surface area contributed by atoms with Crippen molar-refractivity contribution >= 4 is 17.8 Å². The van der Waals surface area contributed by atoms with Crippen LogP contribution in [0.15, 0.2) is 18.2 Å². The molecule has 10 heteroatoms.